The molecule has 10 nitrogen and oxygen atoms in total. The molecule has 3 heterocycles. The van der Waals surface area contributed by atoms with Crippen molar-refractivity contribution >= 4 is 0 Å². The number of benzene rings is 3. The Morgan fingerprint density at radius 3 is 2.30 bits per heavy atom. The third kappa shape index (κ3) is 3.67. The predicted octanol–water partition coefficient (Wildman–Crippen LogP) is 3.05. The summed E-state index contributed by atoms with van der Waals surface area (Å²) in [6.45, 7) is -0.195. The van der Waals surface area contributed by atoms with E-state index in [-0.39, 0.29) is 36.2 Å². The Hall–Kier alpha value is -3.86. The fourth-order valence-corrected chi connectivity index (χ4v) is 5.19. The number of fused-ring (bicyclic) bond motifs is 6. The van der Waals surface area contributed by atoms with Crippen LogP contribution < -0.4 is 23.7 Å². The molecule has 0 fully saturated rings. The SMILES string of the molecule is COc1cc([C@H]2Oc3c(ccc4c3CO[C@H]3[C@H](O)c5ccc(O)cc5O[C@H]43)O[C@@H]2CO)cc(OC)c1O. The Balaban J connectivity index is 1.40. The zero-order valence-corrected chi connectivity index (χ0v) is 20.1. The summed E-state index contributed by atoms with van der Waals surface area (Å²) in [6, 6.07) is 11.4. The van der Waals surface area contributed by atoms with E-state index in [2.05, 4.69) is 0 Å². The second-order valence-electron chi connectivity index (χ2n) is 9.09. The van der Waals surface area contributed by atoms with E-state index in [0.29, 0.717) is 33.9 Å². The summed E-state index contributed by atoms with van der Waals surface area (Å²) < 4.78 is 35.4. The van der Waals surface area contributed by atoms with E-state index in [4.69, 9.17) is 28.4 Å². The van der Waals surface area contributed by atoms with Crippen LogP contribution in [0, 0.1) is 0 Å². The van der Waals surface area contributed by atoms with Gasteiger partial charge in [-0.2, -0.15) is 0 Å². The third-order valence-electron chi connectivity index (χ3n) is 7.04. The standard InChI is InChI=1S/C27H26O10/c1-32-19-7-12(8-20(33-2)23(19)31)24-21(10-28)35-17-6-5-14-16(25(17)37-24)11-34-27-22(30)15-4-3-13(29)9-18(15)36-26(14)27/h3-9,21-22,24,26-31H,10-11H2,1-2H3/t21-,22-,24-,26-,27+/m1/s1. The molecule has 3 aliphatic rings. The van der Waals surface area contributed by atoms with Crippen LogP contribution in [0.5, 0.6) is 40.2 Å². The number of aromatic hydroxyl groups is 2. The summed E-state index contributed by atoms with van der Waals surface area (Å²) in [5, 5.41) is 41.3. The minimum atomic E-state index is -0.945. The van der Waals surface area contributed by atoms with Crippen LogP contribution in [0.4, 0.5) is 0 Å². The molecule has 0 bridgehead atoms. The summed E-state index contributed by atoms with van der Waals surface area (Å²) in [5.74, 6) is 1.49. The van der Waals surface area contributed by atoms with Gasteiger partial charge in [0.15, 0.2) is 41.3 Å². The Morgan fingerprint density at radius 1 is 0.865 bits per heavy atom. The first-order valence-corrected chi connectivity index (χ1v) is 11.8. The number of phenolic OH excluding ortho intramolecular Hbond substituents is 2. The van der Waals surface area contributed by atoms with Crippen LogP contribution in [0.15, 0.2) is 42.5 Å². The lowest BCUT2D eigenvalue weighted by Gasteiger charge is -2.42. The van der Waals surface area contributed by atoms with Gasteiger partial charge in [0.25, 0.3) is 0 Å². The Bertz CT molecular complexity index is 1330. The highest BCUT2D eigenvalue weighted by Gasteiger charge is 2.45. The van der Waals surface area contributed by atoms with Crippen molar-refractivity contribution in [2.24, 2.45) is 0 Å². The first kappa shape index (κ1) is 23.5. The first-order valence-electron chi connectivity index (χ1n) is 11.8. The quantitative estimate of drug-likeness (QED) is 0.415. The van der Waals surface area contributed by atoms with Crippen molar-refractivity contribution in [3.63, 3.8) is 0 Å². The lowest BCUT2D eigenvalue weighted by atomic mass is 9.87. The van der Waals surface area contributed by atoms with Gasteiger partial charge in [0.2, 0.25) is 5.75 Å². The number of aliphatic hydroxyl groups is 2. The van der Waals surface area contributed by atoms with Crippen LogP contribution in [0.25, 0.3) is 0 Å². The molecule has 0 aromatic heterocycles. The van der Waals surface area contributed by atoms with Crippen molar-refractivity contribution in [1.82, 2.24) is 0 Å². The molecule has 3 aromatic carbocycles. The Kier molecular flexibility index (Phi) is 5.67. The van der Waals surface area contributed by atoms with Gasteiger partial charge in [-0.05, 0) is 30.3 Å². The fourth-order valence-electron chi connectivity index (χ4n) is 5.19. The van der Waals surface area contributed by atoms with Crippen molar-refractivity contribution in [3.8, 4) is 40.2 Å². The highest BCUT2D eigenvalue weighted by molar-refractivity contribution is 5.57. The third-order valence-corrected chi connectivity index (χ3v) is 7.04. The number of aliphatic hydroxyl groups excluding tert-OH is 2. The molecule has 6 rings (SSSR count). The molecule has 37 heavy (non-hydrogen) atoms. The fraction of sp³-hybridized carbons (Fsp3) is 0.333. The summed E-state index contributed by atoms with van der Waals surface area (Å²) in [5.41, 5.74) is 2.56. The van der Waals surface area contributed by atoms with E-state index in [1.165, 1.54) is 26.4 Å². The van der Waals surface area contributed by atoms with E-state index in [1.54, 1.807) is 24.3 Å². The number of hydrogen-bond donors (Lipinski definition) is 4. The van der Waals surface area contributed by atoms with Crippen LogP contribution in [-0.2, 0) is 11.3 Å². The molecule has 0 unspecified atom stereocenters. The van der Waals surface area contributed by atoms with Gasteiger partial charge in [-0.1, -0.05) is 6.07 Å². The highest BCUT2D eigenvalue weighted by Crippen LogP contribution is 2.52. The molecule has 0 spiro atoms. The lowest BCUT2D eigenvalue weighted by molar-refractivity contribution is -0.128. The molecule has 0 saturated carbocycles. The van der Waals surface area contributed by atoms with E-state index >= 15 is 0 Å². The summed E-state index contributed by atoms with van der Waals surface area (Å²) in [6.07, 6.45) is -3.76. The van der Waals surface area contributed by atoms with Crippen molar-refractivity contribution in [1.29, 1.82) is 0 Å². The number of rotatable bonds is 4. The van der Waals surface area contributed by atoms with Gasteiger partial charge >= 0.3 is 0 Å². The minimum absolute atomic E-state index is 0.0289. The number of ether oxygens (including phenoxy) is 6. The van der Waals surface area contributed by atoms with Gasteiger partial charge in [0.1, 0.15) is 23.7 Å². The average molecular weight is 510 g/mol. The van der Waals surface area contributed by atoms with Crippen LogP contribution in [0.3, 0.4) is 0 Å². The molecule has 0 radical (unpaired) electrons. The largest absolute Gasteiger partial charge is 0.508 e. The van der Waals surface area contributed by atoms with Crippen molar-refractivity contribution < 1.29 is 48.8 Å². The normalized spacial score (nSPS) is 25.2. The topological polar surface area (TPSA) is 136 Å². The zero-order valence-electron chi connectivity index (χ0n) is 20.1. The number of methoxy groups -OCH3 is 2. The van der Waals surface area contributed by atoms with Crippen molar-refractivity contribution in [3.05, 3.63) is 64.7 Å². The molecule has 3 aliphatic heterocycles. The summed E-state index contributed by atoms with van der Waals surface area (Å²) in [7, 11) is 2.85. The van der Waals surface area contributed by atoms with Gasteiger partial charge in [0, 0.05) is 28.3 Å². The molecule has 4 N–H and O–H groups in total. The lowest BCUT2D eigenvalue weighted by Crippen LogP contribution is -2.41. The van der Waals surface area contributed by atoms with Crippen LogP contribution in [0.1, 0.15) is 40.6 Å². The van der Waals surface area contributed by atoms with Crippen LogP contribution in [-0.4, -0.2) is 53.5 Å². The van der Waals surface area contributed by atoms with E-state index in [1.807, 2.05) is 6.07 Å². The number of phenols is 2. The van der Waals surface area contributed by atoms with E-state index < -0.39 is 30.5 Å². The van der Waals surface area contributed by atoms with E-state index in [9.17, 15) is 20.4 Å². The average Bonchev–Trinajstić information content (AvgIpc) is 2.92. The van der Waals surface area contributed by atoms with Gasteiger partial charge < -0.3 is 48.8 Å². The molecule has 5 atom stereocenters. The molecule has 0 amide bonds. The van der Waals surface area contributed by atoms with Crippen molar-refractivity contribution in [2.45, 2.75) is 37.1 Å². The van der Waals surface area contributed by atoms with Gasteiger partial charge in [0.05, 0.1) is 27.4 Å². The maximum atomic E-state index is 11.0. The summed E-state index contributed by atoms with van der Waals surface area (Å²) in [4.78, 5) is 0. The molecule has 3 aromatic rings. The Labute approximate surface area is 212 Å². The van der Waals surface area contributed by atoms with Crippen LogP contribution >= 0.6 is 0 Å². The van der Waals surface area contributed by atoms with Crippen molar-refractivity contribution in [2.75, 3.05) is 20.8 Å². The second-order valence-corrected chi connectivity index (χ2v) is 9.09. The second kappa shape index (κ2) is 8.91. The maximum absolute atomic E-state index is 11.0. The molecule has 0 aliphatic carbocycles. The highest BCUT2D eigenvalue weighted by atomic mass is 16.6. The minimum Gasteiger partial charge on any atom is -0.508 e. The van der Waals surface area contributed by atoms with Gasteiger partial charge in [-0.25, -0.2) is 0 Å². The van der Waals surface area contributed by atoms with Gasteiger partial charge in [-0.15, -0.1) is 0 Å². The smallest absolute Gasteiger partial charge is 0.200 e. The molecular formula is C27H26O10. The summed E-state index contributed by atoms with van der Waals surface area (Å²) >= 11 is 0. The molecule has 194 valence electrons. The number of hydrogen-bond acceptors (Lipinski definition) is 10. The molecular weight excluding hydrogens is 484 g/mol. The molecule has 0 saturated heterocycles. The first-order chi connectivity index (χ1) is 17.9. The monoisotopic (exact) mass is 510 g/mol. The maximum Gasteiger partial charge on any atom is 0.200 e. The Morgan fingerprint density at radius 2 is 1.59 bits per heavy atom. The van der Waals surface area contributed by atoms with E-state index in [0.717, 1.165) is 5.56 Å². The van der Waals surface area contributed by atoms with Crippen LogP contribution in [0.2, 0.25) is 0 Å². The zero-order chi connectivity index (χ0) is 25.8. The molecule has 10 heteroatoms. The predicted molar refractivity (Wildman–Crippen MR) is 128 cm³/mol. The van der Waals surface area contributed by atoms with Gasteiger partial charge in [-0.3, -0.25) is 0 Å².